The quantitative estimate of drug-likeness (QED) is 0.823. The van der Waals surface area contributed by atoms with Gasteiger partial charge in [0.2, 0.25) is 0 Å². The summed E-state index contributed by atoms with van der Waals surface area (Å²) in [7, 11) is 0. The van der Waals surface area contributed by atoms with Crippen molar-refractivity contribution in [3.63, 3.8) is 0 Å². The molecule has 18 heavy (non-hydrogen) atoms. The number of anilines is 1. The second-order valence-electron chi connectivity index (χ2n) is 5.77. The highest BCUT2D eigenvalue weighted by Gasteiger charge is 2.49. The molecule has 4 heteroatoms. The van der Waals surface area contributed by atoms with Crippen LogP contribution < -0.4 is 5.73 Å². The molecule has 3 rings (SSSR count). The number of rotatable bonds is 2. The van der Waals surface area contributed by atoms with E-state index in [0.29, 0.717) is 17.2 Å². The molecule has 0 saturated heterocycles. The van der Waals surface area contributed by atoms with Gasteiger partial charge in [0.25, 0.3) is 5.89 Å². The largest absolute Gasteiger partial charge is 0.398 e. The lowest BCUT2D eigenvalue weighted by atomic mass is 10.1. The molecule has 1 aromatic carbocycles. The maximum Gasteiger partial charge on any atom is 0.258 e. The third-order valence-corrected chi connectivity index (χ3v) is 3.79. The maximum absolute atomic E-state index is 5.89. The van der Waals surface area contributed by atoms with Crippen LogP contribution in [0.1, 0.15) is 37.6 Å². The Balaban J connectivity index is 1.91. The first-order chi connectivity index (χ1) is 8.47. The Bertz CT molecular complexity index is 601. The van der Waals surface area contributed by atoms with Crippen LogP contribution in [0.4, 0.5) is 5.69 Å². The molecule has 0 radical (unpaired) electrons. The Kier molecular flexibility index (Phi) is 2.24. The van der Waals surface area contributed by atoms with Crippen molar-refractivity contribution in [2.75, 3.05) is 5.73 Å². The second kappa shape index (κ2) is 3.57. The molecule has 1 saturated carbocycles. The molecule has 94 valence electrons. The first-order valence-corrected chi connectivity index (χ1v) is 6.17. The van der Waals surface area contributed by atoms with Crippen LogP contribution in [-0.2, 0) is 0 Å². The minimum atomic E-state index is 0.313. The van der Waals surface area contributed by atoms with E-state index in [1.54, 1.807) is 0 Å². The van der Waals surface area contributed by atoms with Crippen LogP contribution in [0.5, 0.6) is 0 Å². The molecule has 1 aromatic heterocycles. The second-order valence-corrected chi connectivity index (χ2v) is 5.77. The van der Waals surface area contributed by atoms with Gasteiger partial charge in [0, 0.05) is 17.2 Å². The molecule has 0 amide bonds. The van der Waals surface area contributed by atoms with Crippen LogP contribution in [-0.4, -0.2) is 10.1 Å². The van der Waals surface area contributed by atoms with Crippen molar-refractivity contribution in [2.24, 2.45) is 5.41 Å². The van der Waals surface area contributed by atoms with Gasteiger partial charge < -0.3 is 10.3 Å². The zero-order valence-electron chi connectivity index (χ0n) is 10.9. The zero-order valence-corrected chi connectivity index (χ0v) is 10.9. The van der Waals surface area contributed by atoms with Crippen molar-refractivity contribution in [1.82, 2.24) is 10.1 Å². The highest BCUT2D eigenvalue weighted by atomic mass is 16.5. The van der Waals surface area contributed by atoms with Gasteiger partial charge in [-0.15, -0.1) is 0 Å². The third kappa shape index (κ3) is 1.78. The minimum absolute atomic E-state index is 0.313. The maximum atomic E-state index is 5.89. The Hall–Kier alpha value is -1.84. The van der Waals surface area contributed by atoms with Crippen LogP contribution in [0.25, 0.3) is 11.5 Å². The van der Waals surface area contributed by atoms with Crippen molar-refractivity contribution in [3.8, 4) is 11.5 Å². The highest BCUT2D eigenvalue weighted by Crippen LogP contribution is 2.57. The fourth-order valence-electron chi connectivity index (χ4n) is 2.18. The van der Waals surface area contributed by atoms with Crippen LogP contribution in [0.15, 0.2) is 22.7 Å². The number of nitrogens with zero attached hydrogens (tertiary/aromatic N) is 2. The number of nitrogens with two attached hydrogens (primary N) is 1. The van der Waals surface area contributed by atoms with Crippen molar-refractivity contribution in [2.45, 2.75) is 33.1 Å². The Labute approximate surface area is 106 Å². The van der Waals surface area contributed by atoms with Gasteiger partial charge in [-0.25, -0.2) is 0 Å². The van der Waals surface area contributed by atoms with Gasteiger partial charge in [0.05, 0.1) is 0 Å². The fourth-order valence-corrected chi connectivity index (χ4v) is 2.18. The molecule has 0 aliphatic heterocycles. The number of benzene rings is 1. The first kappa shape index (κ1) is 11.3. The molecule has 2 N–H and O–H groups in total. The SMILES string of the molecule is Cc1ccc(-c2nc(C3CC3(C)C)no2)cc1N. The van der Waals surface area contributed by atoms with Gasteiger partial charge in [-0.05, 0) is 36.5 Å². The average molecular weight is 243 g/mol. The fraction of sp³-hybridized carbons (Fsp3) is 0.429. The van der Waals surface area contributed by atoms with Gasteiger partial charge in [-0.2, -0.15) is 4.98 Å². The van der Waals surface area contributed by atoms with Crippen LogP contribution >= 0.6 is 0 Å². The molecule has 1 heterocycles. The summed E-state index contributed by atoms with van der Waals surface area (Å²) in [5.74, 6) is 1.80. The summed E-state index contributed by atoms with van der Waals surface area (Å²) in [5, 5.41) is 4.08. The van der Waals surface area contributed by atoms with Gasteiger partial charge in [0.15, 0.2) is 5.82 Å². The predicted molar refractivity (Wildman–Crippen MR) is 70.0 cm³/mol. The molecule has 0 bridgehead atoms. The standard InChI is InChI=1S/C14H17N3O/c1-8-4-5-9(6-11(8)15)13-16-12(17-18-13)10-7-14(10,2)3/h4-6,10H,7,15H2,1-3H3. The van der Waals surface area contributed by atoms with E-state index in [-0.39, 0.29) is 0 Å². The number of aromatic nitrogens is 2. The minimum Gasteiger partial charge on any atom is -0.398 e. The van der Waals surface area contributed by atoms with E-state index in [1.807, 2.05) is 25.1 Å². The van der Waals surface area contributed by atoms with Crippen molar-refractivity contribution >= 4 is 5.69 Å². The van der Waals surface area contributed by atoms with E-state index in [9.17, 15) is 0 Å². The molecule has 2 aromatic rings. The lowest BCUT2D eigenvalue weighted by Gasteiger charge is -2.00. The summed E-state index contributed by atoms with van der Waals surface area (Å²) in [5.41, 5.74) is 8.89. The number of hydrogen-bond acceptors (Lipinski definition) is 4. The topological polar surface area (TPSA) is 64.9 Å². The van der Waals surface area contributed by atoms with Crippen LogP contribution in [0.3, 0.4) is 0 Å². The van der Waals surface area contributed by atoms with Gasteiger partial charge >= 0.3 is 0 Å². The monoisotopic (exact) mass is 243 g/mol. The lowest BCUT2D eigenvalue weighted by molar-refractivity contribution is 0.419. The van der Waals surface area contributed by atoms with Gasteiger partial charge in [-0.3, -0.25) is 0 Å². The zero-order chi connectivity index (χ0) is 12.9. The molecule has 4 nitrogen and oxygen atoms in total. The van der Waals surface area contributed by atoms with Crippen LogP contribution in [0.2, 0.25) is 0 Å². The Morgan fingerprint density at radius 3 is 2.72 bits per heavy atom. The molecule has 1 aliphatic rings. The van der Waals surface area contributed by atoms with E-state index >= 15 is 0 Å². The average Bonchev–Trinajstić information content (AvgIpc) is 2.78. The normalized spacial score (nSPS) is 20.9. The number of nitrogen functional groups attached to an aromatic ring is 1. The van der Waals surface area contributed by atoms with E-state index in [4.69, 9.17) is 10.3 Å². The van der Waals surface area contributed by atoms with Crippen molar-refractivity contribution in [3.05, 3.63) is 29.6 Å². The summed E-state index contributed by atoms with van der Waals surface area (Å²) in [6, 6.07) is 5.81. The molecule has 1 atom stereocenters. The Morgan fingerprint density at radius 1 is 1.39 bits per heavy atom. The molecule has 1 unspecified atom stereocenters. The van der Waals surface area contributed by atoms with Crippen molar-refractivity contribution < 1.29 is 4.52 Å². The molecular weight excluding hydrogens is 226 g/mol. The first-order valence-electron chi connectivity index (χ1n) is 6.17. The summed E-state index contributed by atoms with van der Waals surface area (Å²) in [6.45, 7) is 6.42. The summed E-state index contributed by atoms with van der Waals surface area (Å²) >= 11 is 0. The smallest absolute Gasteiger partial charge is 0.258 e. The molecule has 1 aliphatic carbocycles. The van der Waals surface area contributed by atoms with Gasteiger partial charge in [-0.1, -0.05) is 25.1 Å². The van der Waals surface area contributed by atoms with E-state index < -0.39 is 0 Å². The molecular formula is C14H17N3O. The third-order valence-electron chi connectivity index (χ3n) is 3.79. The van der Waals surface area contributed by atoms with Gasteiger partial charge in [0.1, 0.15) is 0 Å². The van der Waals surface area contributed by atoms with E-state index in [2.05, 4.69) is 24.0 Å². The highest BCUT2D eigenvalue weighted by molar-refractivity contribution is 5.62. The summed E-state index contributed by atoms with van der Waals surface area (Å²) in [4.78, 5) is 4.48. The summed E-state index contributed by atoms with van der Waals surface area (Å²) < 4.78 is 5.32. The molecule has 0 spiro atoms. The Morgan fingerprint density at radius 2 is 2.11 bits per heavy atom. The lowest BCUT2D eigenvalue weighted by Crippen LogP contribution is -1.92. The van der Waals surface area contributed by atoms with Crippen molar-refractivity contribution in [1.29, 1.82) is 0 Å². The van der Waals surface area contributed by atoms with E-state index in [1.165, 1.54) is 0 Å². The molecule has 1 fully saturated rings. The van der Waals surface area contributed by atoms with E-state index in [0.717, 1.165) is 29.1 Å². The summed E-state index contributed by atoms with van der Waals surface area (Å²) in [6.07, 6.45) is 1.13. The predicted octanol–water partition coefficient (Wildman–Crippen LogP) is 3.14. The number of aryl methyl sites for hydroxylation is 1. The van der Waals surface area contributed by atoms with Crippen LogP contribution in [0, 0.1) is 12.3 Å². The number of hydrogen-bond donors (Lipinski definition) is 1.